The third kappa shape index (κ3) is 6.57. The Labute approximate surface area is 179 Å². The van der Waals surface area contributed by atoms with Gasteiger partial charge in [0.15, 0.2) is 5.96 Å². The molecule has 0 fully saturated rings. The molecule has 0 saturated heterocycles. The van der Waals surface area contributed by atoms with Gasteiger partial charge in [-0.05, 0) is 37.6 Å². The summed E-state index contributed by atoms with van der Waals surface area (Å²) in [5.41, 5.74) is 3.19. The van der Waals surface area contributed by atoms with E-state index in [4.69, 9.17) is 14.5 Å². The van der Waals surface area contributed by atoms with Crippen LogP contribution in [0.2, 0.25) is 0 Å². The third-order valence-corrected chi connectivity index (χ3v) is 4.09. The number of nitrogens with one attached hydrogen (secondary N) is 1. The first-order valence-corrected chi connectivity index (χ1v) is 8.69. The van der Waals surface area contributed by atoms with E-state index in [1.165, 1.54) is 0 Å². The van der Waals surface area contributed by atoms with Gasteiger partial charge in [0.05, 0.1) is 26.5 Å². The number of benzene rings is 1. The molecule has 6 nitrogen and oxygen atoms in total. The second-order valence-electron chi connectivity index (χ2n) is 5.97. The van der Waals surface area contributed by atoms with Crippen molar-refractivity contribution in [1.82, 2.24) is 15.2 Å². The van der Waals surface area contributed by atoms with Crippen molar-refractivity contribution in [2.75, 3.05) is 27.8 Å². The Morgan fingerprint density at radius 3 is 2.63 bits per heavy atom. The summed E-state index contributed by atoms with van der Waals surface area (Å²) in [6.45, 7) is 6.11. The van der Waals surface area contributed by atoms with Gasteiger partial charge in [0.1, 0.15) is 11.5 Å². The number of nitrogens with zero attached hydrogens (tertiary/aromatic N) is 3. The van der Waals surface area contributed by atoms with E-state index in [1.54, 1.807) is 20.4 Å². The predicted octanol–water partition coefficient (Wildman–Crippen LogP) is 3.62. The van der Waals surface area contributed by atoms with E-state index >= 15 is 0 Å². The number of pyridine rings is 1. The minimum absolute atomic E-state index is 0. The number of methoxy groups -OCH3 is 2. The average molecular weight is 484 g/mol. The lowest BCUT2D eigenvalue weighted by molar-refractivity contribution is 0.382. The van der Waals surface area contributed by atoms with Gasteiger partial charge in [-0.25, -0.2) is 4.99 Å². The summed E-state index contributed by atoms with van der Waals surface area (Å²) in [7, 11) is 5.33. The van der Waals surface area contributed by atoms with Crippen LogP contribution in [0.15, 0.2) is 41.5 Å². The summed E-state index contributed by atoms with van der Waals surface area (Å²) in [6.07, 6.45) is 1.80. The molecule has 0 aliphatic rings. The van der Waals surface area contributed by atoms with Gasteiger partial charge in [-0.15, -0.1) is 24.0 Å². The highest BCUT2D eigenvalue weighted by atomic mass is 127. The van der Waals surface area contributed by atoms with Crippen molar-refractivity contribution < 1.29 is 9.47 Å². The van der Waals surface area contributed by atoms with Crippen molar-refractivity contribution in [3.63, 3.8) is 0 Å². The van der Waals surface area contributed by atoms with Crippen molar-refractivity contribution in [2.24, 2.45) is 4.99 Å². The van der Waals surface area contributed by atoms with Crippen LogP contribution >= 0.6 is 24.0 Å². The molecule has 0 saturated carbocycles. The molecule has 0 bridgehead atoms. The standard InChI is InChI=1S/C20H28N4O2.HI/c1-6-21-20(23-13-18-15(2)8-7-11-22-18)24(3)14-16-9-10-17(25-4)12-19(16)26-5;/h7-12H,6,13-14H2,1-5H3,(H,21,23);1H. The van der Waals surface area contributed by atoms with E-state index in [-0.39, 0.29) is 24.0 Å². The van der Waals surface area contributed by atoms with E-state index in [1.807, 2.05) is 31.3 Å². The fourth-order valence-electron chi connectivity index (χ4n) is 2.62. The Morgan fingerprint density at radius 2 is 2.00 bits per heavy atom. The van der Waals surface area contributed by atoms with Gasteiger partial charge in [-0.1, -0.05) is 6.07 Å². The Balaban J connectivity index is 0.00000364. The maximum absolute atomic E-state index is 5.50. The van der Waals surface area contributed by atoms with Crippen LogP contribution in [0.1, 0.15) is 23.7 Å². The molecule has 148 valence electrons. The summed E-state index contributed by atoms with van der Waals surface area (Å²) in [4.78, 5) is 11.2. The third-order valence-electron chi connectivity index (χ3n) is 4.09. The molecule has 1 aromatic carbocycles. The molecule has 0 aliphatic heterocycles. The lowest BCUT2D eigenvalue weighted by Crippen LogP contribution is -2.38. The van der Waals surface area contributed by atoms with E-state index < -0.39 is 0 Å². The molecular formula is C20H29IN4O2. The number of aryl methyl sites for hydroxylation is 1. The van der Waals surface area contributed by atoms with Crippen LogP contribution in [0.5, 0.6) is 11.5 Å². The first kappa shape index (κ1) is 23.0. The van der Waals surface area contributed by atoms with Crippen molar-refractivity contribution >= 4 is 29.9 Å². The minimum Gasteiger partial charge on any atom is -0.497 e. The van der Waals surface area contributed by atoms with Crippen LogP contribution in [-0.2, 0) is 13.1 Å². The molecule has 7 heteroatoms. The topological polar surface area (TPSA) is 59.0 Å². The predicted molar refractivity (Wildman–Crippen MR) is 120 cm³/mol. The minimum atomic E-state index is 0. The van der Waals surface area contributed by atoms with E-state index in [9.17, 15) is 0 Å². The molecule has 0 spiro atoms. The molecule has 2 rings (SSSR count). The number of halogens is 1. The monoisotopic (exact) mass is 484 g/mol. The van der Waals surface area contributed by atoms with Gasteiger partial charge in [0.2, 0.25) is 0 Å². The Kier molecular flexibility index (Phi) is 9.92. The summed E-state index contributed by atoms with van der Waals surface area (Å²) >= 11 is 0. The van der Waals surface area contributed by atoms with Crippen LogP contribution in [0.25, 0.3) is 0 Å². The number of aromatic nitrogens is 1. The first-order chi connectivity index (χ1) is 12.6. The molecule has 2 aromatic rings. The molecule has 0 atom stereocenters. The largest absolute Gasteiger partial charge is 0.497 e. The maximum atomic E-state index is 5.50. The number of ether oxygens (including phenoxy) is 2. The average Bonchev–Trinajstić information content (AvgIpc) is 2.66. The van der Waals surface area contributed by atoms with Crippen molar-refractivity contribution in [2.45, 2.75) is 26.9 Å². The van der Waals surface area contributed by atoms with Crippen molar-refractivity contribution in [1.29, 1.82) is 0 Å². The molecular weight excluding hydrogens is 455 g/mol. The molecule has 0 amide bonds. The van der Waals surface area contributed by atoms with Gasteiger partial charge in [-0.3, -0.25) is 4.98 Å². The number of hydrogen-bond donors (Lipinski definition) is 1. The van der Waals surface area contributed by atoms with Crippen LogP contribution in [-0.4, -0.2) is 43.7 Å². The second-order valence-corrected chi connectivity index (χ2v) is 5.97. The quantitative estimate of drug-likeness (QED) is 0.370. The molecule has 0 aliphatic carbocycles. The Bertz CT molecular complexity index is 753. The zero-order chi connectivity index (χ0) is 18.9. The number of hydrogen-bond acceptors (Lipinski definition) is 4. The Hall–Kier alpha value is -2.03. The molecule has 27 heavy (non-hydrogen) atoms. The summed E-state index contributed by atoms with van der Waals surface area (Å²) in [5.74, 6) is 2.41. The zero-order valence-corrected chi connectivity index (χ0v) is 19.0. The van der Waals surface area contributed by atoms with E-state index in [0.717, 1.165) is 40.8 Å². The molecule has 0 unspecified atom stereocenters. The normalized spacial score (nSPS) is 10.8. The lowest BCUT2D eigenvalue weighted by atomic mass is 10.2. The van der Waals surface area contributed by atoms with Crippen LogP contribution < -0.4 is 14.8 Å². The van der Waals surface area contributed by atoms with Gasteiger partial charge < -0.3 is 19.7 Å². The van der Waals surface area contributed by atoms with Crippen LogP contribution in [0, 0.1) is 6.92 Å². The SMILES string of the molecule is CCNC(=NCc1ncccc1C)N(C)Cc1ccc(OC)cc1OC.I. The molecule has 1 aromatic heterocycles. The Morgan fingerprint density at radius 1 is 1.22 bits per heavy atom. The highest BCUT2D eigenvalue weighted by molar-refractivity contribution is 14.0. The fraction of sp³-hybridized carbons (Fsp3) is 0.400. The summed E-state index contributed by atoms with van der Waals surface area (Å²) < 4.78 is 10.8. The smallest absolute Gasteiger partial charge is 0.194 e. The maximum Gasteiger partial charge on any atom is 0.194 e. The van der Waals surface area contributed by atoms with Crippen LogP contribution in [0.3, 0.4) is 0 Å². The summed E-state index contributed by atoms with van der Waals surface area (Å²) in [6, 6.07) is 9.84. The van der Waals surface area contributed by atoms with Gasteiger partial charge in [0, 0.05) is 38.0 Å². The van der Waals surface area contributed by atoms with E-state index in [0.29, 0.717) is 13.1 Å². The number of guanidine groups is 1. The molecule has 0 radical (unpaired) electrons. The number of aliphatic imine (C=N–C) groups is 1. The highest BCUT2D eigenvalue weighted by Crippen LogP contribution is 2.25. The van der Waals surface area contributed by atoms with Gasteiger partial charge in [-0.2, -0.15) is 0 Å². The number of rotatable bonds is 7. The van der Waals surface area contributed by atoms with Crippen molar-refractivity contribution in [3.05, 3.63) is 53.3 Å². The highest BCUT2D eigenvalue weighted by Gasteiger charge is 2.11. The first-order valence-electron chi connectivity index (χ1n) is 8.69. The molecule has 1 N–H and O–H groups in total. The van der Waals surface area contributed by atoms with Crippen molar-refractivity contribution in [3.8, 4) is 11.5 Å². The van der Waals surface area contributed by atoms with Gasteiger partial charge >= 0.3 is 0 Å². The van der Waals surface area contributed by atoms with Crippen LogP contribution in [0.4, 0.5) is 0 Å². The molecule has 1 heterocycles. The summed E-state index contributed by atoms with van der Waals surface area (Å²) in [5, 5.41) is 3.34. The zero-order valence-electron chi connectivity index (χ0n) is 16.7. The second kappa shape index (κ2) is 11.6. The lowest BCUT2D eigenvalue weighted by Gasteiger charge is -2.23. The van der Waals surface area contributed by atoms with E-state index in [2.05, 4.69) is 35.1 Å². The van der Waals surface area contributed by atoms with Gasteiger partial charge in [0.25, 0.3) is 0 Å². The fourth-order valence-corrected chi connectivity index (χ4v) is 2.62.